The van der Waals surface area contributed by atoms with Gasteiger partial charge < -0.3 is 14.8 Å². The van der Waals surface area contributed by atoms with Crippen LogP contribution in [-0.2, 0) is 4.79 Å². The summed E-state index contributed by atoms with van der Waals surface area (Å²) in [4.78, 5) is 34.9. The Labute approximate surface area is 246 Å². The van der Waals surface area contributed by atoms with Gasteiger partial charge in [-0.05, 0) is 74.0 Å². The Kier molecular flexibility index (Phi) is 8.34. The quantitative estimate of drug-likeness (QED) is 0.242. The molecule has 4 aromatic rings. The second-order valence-electron chi connectivity index (χ2n) is 9.00. The van der Waals surface area contributed by atoms with Crippen LogP contribution in [0.2, 0.25) is 0 Å². The van der Waals surface area contributed by atoms with Crippen molar-refractivity contribution in [2.24, 2.45) is 4.99 Å². The molecule has 1 aliphatic rings. The molecular formula is C28H22F4N6O4S. The Hall–Kier alpha value is -4.92. The van der Waals surface area contributed by atoms with E-state index < -0.39 is 24.0 Å². The first kappa shape index (κ1) is 29.6. The van der Waals surface area contributed by atoms with Crippen molar-refractivity contribution in [3.8, 4) is 28.6 Å². The van der Waals surface area contributed by atoms with Crippen LogP contribution < -0.4 is 19.7 Å². The van der Waals surface area contributed by atoms with Crippen LogP contribution in [0.1, 0.15) is 12.5 Å². The molecular weight excluding hydrogens is 592 g/mol. The van der Waals surface area contributed by atoms with Crippen molar-refractivity contribution in [3.05, 3.63) is 78.4 Å². The van der Waals surface area contributed by atoms with Crippen molar-refractivity contribution in [1.29, 1.82) is 0 Å². The lowest BCUT2D eigenvalue weighted by atomic mass is 10.2. The topological polar surface area (TPSA) is 111 Å². The summed E-state index contributed by atoms with van der Waals surface area (Å²) in [5.74, 6) is -0.802. The van der Waals surface area contributed by atoms with Crippen LogP contribution in [0.25, 0.3) is 17.1 Å². The molecule has 0 spiro atoms. The van der Waals surface area contributed by atoms with Gasteiger partial charge in [-0.2, -0.15) is 4.99 Å². The molecule has 0 atom stereocenters. The molecule has 1 aromatic heterocycles. The van der Waals surface area contributed by atoms with Crippen molar-refractivity contribution < 1.29 is 36.6 Å². The Morgan fingerprint density at radius 2 is 1.88 bits per heavy atom. The number of rotatable bonds is 7. The lowest BCUT2D eigenvalue weighted by molar-refractivity contribution is -0.274. The molecule has 1 saturated heterocycles. The fourth-order valence-electron chi connectivity index (χ4n) is 4.07. The molecule has 2 heterocycles. The van der Waals surface area contributed by atoms with E-state index in [2.05, 4.69) is 25.1 Å². The van der Waals surface area contributed by atoms with Crippen LogP contribution in [0.15, 0.2) is 72.0 Å². The fourth-order valence-corrected chi connectivity index (χ4v) is 4.93. The highest BCUT2D eigenvalue weighted by molar-refractivity contribution is 8.15. The van der Waals surface area contributed by atoms with Gasteiger partial charge >= 0.3 is 12.4 Å². The maximum absolute atomic E-state index is 15.0. The summed E-state index contributed by atoms with van der Waals surface area (Å²) in [7, 11) is 0. The van der Waals surface area contributed by atoms with Gasteiger partial charge in [0.1, 0.15) is 23.6 Å². The number of nitrogens with one attached hydrogen (secondary N) is 1. The standard InChI is InChI=1S/C28H22F4N6O4S/c1-3-41-23-11-4-16(2)12-22(23)38-24(39)14-43-27(38)35-26(40)34-21-10-5-17(13-20(21)29)25-33-15-37(36-25)18-6-8-19(9-7-18)42-28(30,31)32/h4-13,15H,3,14H2,1-2H3,(H,34,40)/b35-27-. The number of urea groups is 1. The lowest BCUT2D eigenvalue weighted by Crippen LogP contribution is -2.30. The first-order valence-corrected chi connectivity index (χ1v) is 13.7. The van der Waals surface area contributed by atoms with Crippen molar-refractivity contribution in [2.45, 2.75) is 20.2 Å². The zero-order chi connectivity index (χ0) is 30.7. The molecule has 15 heteroatoms. The monoisotopic (exact) mass is 614 g/mol. The molecule has 0 aliphatic carbocycles. The van der Waals surface area contributed by atoms with Gasteiger partial charge in [0.05, 0.1) is 29.4 Å². The van der Waals surface area contributed by atoms with E-state index in [1.807, 2.05) is 19.9 Å². The number of hydrogen-bond acceptors (Lipinski definition) is 7. The third kappa shape index (κ3) is 6.94. The largest absolute Gasteiger partial charge is 0.573 e. The van der Waals surface area contributed by atoms with Gasteiger partial charge in [-0.1, -0.05) is 17.8 Å². The van der Waals surface area contributed by atoms with E-state index >= 15 is 0 Å². The summed E-state index contributed by atoms with van der Waals surface area (Å²) in [6.45, 7) is 4.04. The first-order valence-electron chi connectivity index (χ1n) is 12.7. The van der Waals surface area contributed by atoms with E-state index in [0.717, 1.165) is 35.5 Å². The molecule has 222 valence electrons. The third-order valence-corrected chi connectivity index (χ3v) is 6.84. The number of nitrogens with zero attached hydrogens (tertiary/aromatic N) is 5. The summed E-state index contributed by atoms with van der Waals surface area (Å²) >= 11 is 1.07. The van der Waals surface area contributed by atoms with E-state index in [1.165, 1.54) is 40.2 Å². The Bertz CT molecular complexity index is 1710. The first-order chi connectivity index (χ1) is 20.5. The van der Waals surface area contributed by atoms with Crippen LogP contribution in [0.4, 0.5) is 33.7 Å². The number of hydrogen-bond donors (Lipinski definition) is 1. The number of alkyl halides is 3. The zero-order valence-electron chi connectivity index (χ0n) is 22.6. The molecule has 0 bridgehead atoms. The molecule has 1 fully saturated rings. The molecule has 5 rings (SSSR count). The van der Waals surface area contributed by atoms with Crippen LogP contribution in [0, 0.1) is 12.7 Å². The number of aryl methyl sites for hydroxylation is 1. The van der Waals surface area contributed by atoms with Gasteiger partial charge in [0, 0.05) is 5.56 Å². The van der Waals surface area contributed by atoms with Crippen LogP contribution in [-0.4, -0.2) is 50.6 Å². The van der Waals surface area contributed by atoms with E-state index in [1.54, 1.807) is 12.1 Å². The van der Waals surface area contributed by atoms with Crippen LogP contribution in [0.3, 0.4) is 0 Å². The zero-order valence-corrected chi connectivity index (χ0v) is 23.4. The van der Waals surface area contributed by atoms with E-state index in [4.69, 9.17) is 4.74 Å². The lowest BCUT2D eigenvalue weighted by Gasteiger charge is -2.20. The van der Waals surface area contributed by atoms with Crippen LogP contribution >= 0.6 is 11.8 Å². The molecule has 3 aromatic carbocycles. The van der Waals surface area contributed by atoms with Crippen molar-refractivity contribution in [3.63, 3.8) is 0 Å². The number of carbonyl (C=O) groups is 2. The second kappa shape index (κ2) is 12.1. The van der Waals surface area contributed by atoms with Gasteiger partial charge in [0.25, 0.3) is 0 Å². The Morgan fingerprint density at radius 3 is 2.58 bits per heavy atom. The van der Waals surface area contributed by atoms with Crippen molar-refractivity contribution in [2.75, 3.05) is 22.6 Å². The van der Waals surface area contributed by atoms with Gasteiger partial charge in [-0.25, -0.2) is 18.9 Å². The average molecular weight is 615 g/mol. The molecule has 1 aliphatic heterocycles. The van der Waals surface area contributed by atoms with E-state index in [0.29, 0.717) is 23.7 Å². The number of thioether (sulfide) groups is 1. The SMILES string of the molecule is CCOc1ccc(C)cc1N1C(=O)CS/C1=N\C(=O)Nc1ccc(-c2ncn(-c3ccc(OC(F)(F)F)cc3)n2)cc1F. The summed E-state index contributed by atoms with van der Waals surface area (Å²) in [5.41, 5.74) is 1.85. The van der Waals surface area contributed by atoms with Gasteiger partial charge in [0.2, 0.25) is 5.91 Å². The molecule has 3 amide bonds. The van der Waals surface area contributed by atoms with E-state index in [9.17, 15) is 27.2 Å². The number of carbonyl (C=O) groups excluding carboxylic acids is 2. The number of anilines is 2. The number of benzene rings is 3. The minimum Gasteiger partial charge on any atom is -0.492 e. The summed E-state index contributed by atoms with van der Waals surface area (Å²) in [6.07, 6.45) is -3.50. The number of aromatic nitrogens is 3. The van der Waals surface area contributed by atoms with Crippen LogP contribution in [0.5, 0.6) is 11.5 Å². The smallest absolute Gasteiger partial charge is 0.492 e. The predicted octanol–water partition coefficient (Wildman–Crippen LogP) is 6.35. The van der Waals surface area contributed by atoms with Gasteiger partial charge in [-0.3, -0.25) is 9.69 Å². The highest BCUT2D eigenvalue weighted by atomic mass is 32.2. The summed E-state index contributed by atoms with van der Waals surface area (Å²) in [5, 5.41) is 6.75. The second-order valence-corrected chi connectivity index (χ2v) is 9.94. The fraction of sp³-hybridized carbons (Fsp3) is 0.179. The molecule has 1 N–H and O–H groups in total. The Balaban J connectivity index is 1.30. The van der Waals surface area contributed by atoms with Gasteiger partial charge in [0.15, 0.2) is 11.0 Å². The molecule has 43 heavy (non-hydrogen) atoms. The highest BCUT2D eigenvalue weighted by Gasteiger charge is 2.33. The average Bonchev–Trinajstić information content (AvgIpc) is 3.58. The van der Waals surface area contributed by atoms with E-state index in [-0.39, 0.29) is 33.9 Å². The molecule has 0 saturated carbocycles. The number of ether oxygens (including phenoxy) is 2. The maximum atomic E-state index is 15.0. The third-order valence-electron chi connectivity index (χ3n) is 5.91. The predicted molar refractivity (Wildman–Crippen MR) is 152 cm³/mol. The Morgan fingerprint density at radius 1 is 1.12 bits per heavy atom. The number of amides is 3. The minimum absolute atomic E-state index is 0.0693. The number of halogens is 4. The minimum atomic E-state index is -4.81. The highest BCUT2D eigenvalue weighted by Crippen LogP contribution is 2.35. The summed E-state index contributed by atoms with van der Waals surface area (Å²) < 4.78 is 63.0. The summed E-state index contributed by atoms with van der Waals surface area (Å²) in [6, 6.07) is 13.3. The maximum Gasteiger partial charge on any atom is 0.573 e. The number of aliphatic imine (C=N–C) groups is 1. The number of amidine groups is 1. The van der Waals surface area contributed by atoms with Crippen molar-refractivity contribution >= 4 is 40.2 Å². The molecule has 0 radical (unpaired) electrons. The molecule has 0 unspecified atom stereocenters. The normalized spacial score (nSPS) is 14.3. The molecule has 10 nitrogen and oxygen atoms in total. The van der Waals surface area contributed by atoms with Crippen molar-refractivity contribution in [1.82, 2.24) is 14.8 Å². The van der Waals surface area contributed by atoms with Gasteiger partial charge in [-0.15, -0.1) is 18.3 Å².